The minimum absolute atomic E-state index is 0. The van der Waals surface area contributed by atoms with Crippen LogP contribution >= 0.6 is 12.4 Å². The Bertz CT molecular complexity index is 271. The minimum Gasteiger partial charge on any atom is -0.352 e. The normalized spacial score (nSPS) is 14.0. The molecule has 0 aliphatic carbocycles. The topological polar surface area (TPSA) is 69.8 Å². The summed E-state index contributed by atoms with van der Waals surface area (Å²) in [5.41, 5.74) is 0.575. The van der Waals surface area contributed by atoms with Gasteiger partial charge in [0.1, 0.15) is 11.4 Å². The maximum absolute atomic E-state index is 10.9. The van der Waals surface area contributed by atoms with Gasteiger partial charge >= 0.3 is 0 Å². The van der Waals surface area contributed by atoms with E-state index in [-0.39, 0.29) is 18.3 Å². The van der Waals surface area contributed by atoms with Crippen molar-refractivity contribution in [3.63, 3.8) is 0 Å². The van der Waals surface area contributed by atoms with Crippen molar-refractivity contribution in [2.75, 3.05) is 12.0 Å². The molecule has 0 unspecified atom stereocenters. The van der Waals surface area contributed by atoms with Gasteiger partial charge in [0.15, 0.2) is 0 Å². The predicted molar refractivity (Wildman–Crippen MR) is 41.8 cm³/mol. The number of nitrogens with zero attached hydrogens (tertiary/aromatic N) is 1. The highest BCUT2D eigenvalue weighted by atomic mass is 35.5. The SMILES string of the molecule is Cl.O=C1NCNc2[nH]ncc21. The van der Waals surface area contributed by atoms with Crippen molar-refractivity contribution in [1.82, 2.24) is 15.5 Å². The van der Waals surface area contributed by atoms with Crippen molar-refractivity contribution in [3.05, 3.63) is 11.8 Å². The molecule has 2 rings (SSSR count). The van der Waals surface area contributed by atoms with Gasteiger partial charge in [-0.05, 0) is 0 Å². The van der Waals surface area contributed by atoms with Gasteiger partial charge in [0.2, 0.25) is 0 Å². The molecule has 3 N–H and O–H groups in total. The Balaban J connectivity index is 0.000000605. The average Bonchev–Trinajstić information content (AvgIpc) is 2.36. The first-order valence-corrected chi connectivity index (χ1v) is 2.93. The molecule has 6 heteroatoms. The minimum atomic E-state index is -0.0810. The first-order valence-electron chi connectivity index (χ1n) is 2.93. The molecule has 60 valence electrons. The van der Waals surface area contributed by atoms with Gasteiger partial charge in [-0.3, -0.25) is 9.89 Å². The largest absolute Gasteiger partial charge is 0.352 e. The molecule has 1 aromatic heterocycles. The summed E-state index contributed by atoms with van der Waals surface area (Å²) in [5, 5.41) is 11.9. The lowest BCUT2D eigenvalue weighted by Gasteiger charge is -2.12. The van der Waals surface area contributed by atoms with Gasteiger partial charge in [-0.25, -0.2) is 0 Å². The molecule has 0 spiro atoms. The van der Waals surface area contributed by atoms with Crippen molar-refractivity contribution in [2.24, 2.45) is 0 Å². The summed E-state index contributed by atoms with van der Waals surface area (Å²) >= 11 is 0. The lowest BCUT2D eigenvalue weighted by atomic mass is 10.3. The fourth-order valence-electron chi connectivity index (χ4n) is 0.901. The Labute approximate surface area is 69.0 Å². The number of carbonyl (C=O) groups excluding carboxylic acids is 1. The van der Waals surface area contributed by atoms with Crippen LogP contribution in [0.2, 0.25) is 0 Å². The zero-order valence-electron chi connectivity index (χ0n) is 5.55. The Morgan fingerprint density at radius 2 is 2.27 bits per heavy atom. The van der Waals surface area contributed by atoms with Crippen LogP contribution in [0.4, 0.5) is 5.82 Å². The number of anilines is 1. The molecule has 0 aromatic carbocycles. The summed E-state index contributed by atoms with van der Waals surface area (Å²) in [4.78, 5) is 10.9. The van der Waals surface area contributed by atoms with Crippen molar-refractivity contribution >= 4 is 24.1 Å². The lowest BCUT2D eigenvalue weighted by molar-refractivity contribution is 0.0953. The molecule has 2 heterocycles. The van der Waals surface area contributed by atoms with Gasteiger partial charge in [-0.1, -0.05) is 0 Å². The van der Waals surface area contributed by atoms with Crippen molar-refractivity contribution in [1.29, 1.82) is 0 Å². The average molecular weight is 175 g/mol. The molecule has 0 fully saturated rings. The van der Waals surface area contributed by atoms with Crippen LogP contribution in [0.15, 0.2) is 6.20 Å². The number of H-pyrrole nitrogens is 1. The second-order valence-corrected chi connectivity index (χ2v) is 2.02. The van der Waals surface area contributed by atoms with Crippen LogP contribution in [-0.2, 0) is 0 Å². The van der Waals surface area contributed by atoms with E-state index in [1.807, 2.05) is 0 Å². The van der Waals surface area contributed by atoms with Crippen molar-refractivity contribution < 1.29 is 4.79 Å². The molecule has 0 bridgehead atoms. The van der Waals surface area contributed by atoms with Crippen LogP contribution in [-0.4, -0.2) is 22.8 Å². The van der Waals surface area contributed by atoms with Gasteiger partial charge in [-0.15, -0.1) is 12.4 Å². The zero-order chi connectivity index (χ0) is 6.97. The number of hydrogen-bond donors (Lipinski definition) is 3. The van der Waals surface area contributed by atoms with E-state index in [9.17, 15) is 4.79 Å². The van der Waals surface area contributed by atoms with Gasteiger partial charge in [0.25, 0.3) is 5.91 Å². The lowest BCUT2D eigenvalue weighted by Crippen LogP contribution is -2.34. The van der Waals surface area contributed by atoms with Crippen LogP contribution in [0.5, 0.6) is 0 Å². The molecule has 1 amide bonds. The van der Waals surface area contributed by atoms with Gasteiger partial charge in [0, 0.05) is 0 Å². The van der Waals surface area contributed by atoms with E-state index < -0.39 is 0 Å². The van der Waals surface area contributed by atoms with Crippen molar-refractivity contribution in [3.8, 4) is 0 Å². The van der Waals surface area contributed by atoms with Gasteiger partial charge in [0.05, 0.1) is 12.9 Å². The predicted octanol–water partition coefficient (Wildman–Crippen LogP) is -0.0557. The number of aromatic nitrogens is 2. The van der Waals surface area contributed by atoms with Crippen LogP contribution < -0.4 is 10.6 Å². The molecule has 0 atom stereocenters. The number of amides is 1. The smallest absolute Gasteiger partial charge is 0.258 e. The first-order chi connectivity index (χ1) is 4.88. The van der Waals surface area contributed by atoms with Crippen LogP contribution in [0.1, 0.15) is 10.4 Å². The third-order valence-electron chi connectivity index (χ3n) is 1.40. The van der Waals surface area contributed by atoms with Gasteiger partial charge in [-0.2, -0.15) is 5.10 Å². The van der Waals surface area contributed by atoms with Gasteiger partial charge < -0.3 is 10.6 Å². The molecule has 1 aliphatic heterocycles. The highest BCUT2D eigenvalue weighted by molar-refractivity contribution is 5.99. The summed E-state index contributed by atoms with van der Waals surface area (Å²) in [6.07, 6.45) is 1.50. The number of hydrogen-bond acceptors (Lipinski definition) is 3. The highest BCUT2D eigenvalue weighted by Gasteiger charge is 2.16. The standard InChI is InChI=1S/C5H6N4O.ClH/c10-5-3-1-8-9-4(3)6-2-7-5;/h1H,2H2,(H,7,10)(H2,6,8,9);1H. The molecule has 0 saturated carbocycles. The van der Waals surface area contributed by atoms with E-state index in [0.717, 1.165) is 0 Å². The summed E-state index contributed by atoms with van der Waals surface area (Å²) in [6.45, 7) is 0.466. The third-order valence-corrected chi connectivity index (χ3v) is 1.40. The van der Waals surface area contributed by atoms with E-state index in [2.05, 4.69) is 20.8 Å². The maximum Gasteiger partial charge on any atom is 0.258 e. The van der Waals surface area contributed by atoms with E-state index >= 15 is 0 Å². The fourth-order valence-corrected chi connectivity index (χ4v) is 0.901. The number of aromatic amines is 1. The molecule has 11 heavy (non-hydrogen) atoms. The fraction of sp³-hybridized carbons (Fsp3) is 0.200. The summed E-state index contributed by atoms with van der Waals surface area (Å²) in [6, 6.07) is 0. The number of nitrogens with one attached hydrogen (secondary N) is 3. The van der Waals surface area contributed by atoms with E-state index in [4.69, 9.17) is 0 Å². The summed E-state index contributed by atoms with van der Waals surface area (Å²) in [5.74, 6) is 0.617. The van der Waals surface area contributed by atoms with Crippen LogP contribution in [0.3, 0.4) is 0 Å². The zero-order valence-corrected chi connectivity index (χ0v) is 6.36. The number of rotatable bonds is 0. The van der Waals surface area contributed by atoms with Crippen LogP contribution in [0.25, 0.3) is 0 Å². The molecule has 5 nitrogen and oxygen atoms in total. The second-order valence-electron chi connectivity index (χ2n) is 2.02. The van der Waals surface area contributed by atoms with E-state index in [1.165, 1.54) is 6.20 Å². The number of carbonyl (C=O) groups is 1. The number of fused-ring (bicyclic) bond motifs is 1. The third kappa shape index (κ3) is 1.14. The molecule has 0 radical (unpaired) electrons. The maximum atomic E-state index is 10.9. The van der Waals surface area contributed by atoms with Crippen LogP contribution in [0, 0.1) is 0 Å². The summed E-state index contributed by atoms with van der Waals surface area (Å²) in [7, 11) is 0. The van der Waals surface area contributed by atoms with E-state index in [1.54, 1.807) is 0 Å². The van der Waals surface area contributed by atoms with E-state index in [0.29, 0.717) is 18.1 Å². The molecule has 1 aliphatic rings. The van der Waals surface area contributed by atoms with Crippen molar-refractivity contribution in [2.45, 2.75) is 0 Å². The Hall–Kier alpha value is -1.23. The summed E-state index contributed by atoms with van der Waals surface area (Å²) < 4.78 is 0. The first kappa shape index (κ1) is 7.87. The second kappa shape index (κ2) is 2.79. The quantitative estimate of drug-likeness (QED) is 0.516. The highest BCUT2D eigenvalue weighted by Crippen LogP contribution is 2.12. The monoisotopic (exact) mass is 174 g/mol. The molecule has 0 saturated heterocycles. The molecular weight excluding hydrogens is 168 g/mol. The molecular formula is C5H7ClN4O. The Morgan fingerprint density at radius 3 is 3.00 bits per heavy atom. The Kier molecular flexibility index (Phi) is 2.00. The number of halogens is 1. The Morgan fingerprint density at radius 1 is 1.45 bits per heavy atom. The molecule has 1 aromatic rings.